The third-order valence-corrected chi connectivity index (χ3v) is 5.82. The van der Waals surface area contributed by atoms with E-state index in [2.05, 4.69) is 15.3 Å². The molecule has 1 fully saturated rings. The van der Waals surface area contributed by atoms with Crippen LogP contribution >= 0.6 is 0 Å². The summed E-state index contributed by atoms with van der Waals surface area (Å²) in [5, 5.41) is 3.87. The van der Waals surface area contributed by atoms with Crippen molar-refractivity contribution in [2.75, 3.05) is 19.6 Å². The van der Waals surface area contributed by atoms with E-state index in [9.17, 15) is 8.42 Å². The summed E-state index contributed by atoms with van der Waals surface area (Å²) >= 11 is 0. The van der Waals surface area contributed by atoms with Gasteiger partial charge in [-0.3, -0.25) is 0 Å². The molecule has 1 unspecified atom stereocenters. The number of likely N-dealkylation sites (N-methyl/N-ethyl adjacent to an activating group) is 1. The molecule has 20 heavy (non-hydrogen) atoms. The van der Waals surface area contributed by atoms with Gasteiger partial charge in [-0.15, -0.1) is 0 Å². The summed E-state index contributed by atoms with van der Waals surface area (Å²) in [6.45, 7) is 3.93. The van der Waals surface area contributed by atoms with Crippen molar-refractivity contribution in [3.8, 4) is 0 Å². The molecule has 0 bridgehead atoms. The van der Waals surface area contributed by atoms with Gasteiger partial charge >= 0.3 is 0 Å². The predicted octanol–water partition coefficient (Wildman–Crippen LogP) is 0.935. The van der Waals surface area contributed by atoms with Crippen molar-refractivity contribution in [3.63, 3.8) is 0 Å². The van der Waals surface area contributed by atoms with Gasteiger partial charge in [0.2, 0.25) is 10.0 Å². The number of sulfonamides is 1. The highest BCUT2D eigenvalue weighted by Crippen LogP contribution is 2.26. The van der Waals surface area contributed by atoms with Crippen LogP contribution in [0.3, 0.4) is 0 Å². The molecule has 2 aromatic rings. The average molecular weight is 294 g/mol. The Morgan fingerprint density at radius 3 is 3.05 bits per heavy atom. The smallest absolute Gasteiger partial charge is 0.245 e. The minimum atomic E-state index is -3.50. The summed E-state index contributed by atoms with van der Waals surface area (Å²) in [5.41, 5.74) is 0.603. The van der Waals surface area contributed by atoms with E-state index in [0.29, 0.717) is 29.0 Å². The van der Waals surface area contributed by atoms with Gasteiger partial charge in [-0.1, -0.05) is 6.92 Å². The lowest BCUT2D eigenvalue weighted by Gasteiger charge is -2.25. The van der Waals surface area contributed by atoms with Gasteiger partial charge in [0, 0.05) is 36.9 Å². The molecule has 1 aliphatic heterocycles. The van der Waals surface area contributed by atoms with Crippen LogP contribution in [-0.4, -0.2) is 48.4 Å². The number of nitrogens with zero attached hydrogens (tertiary/aromatic N) is 2. The van der Waals surface area contributed by atoms with E-state index in [4.69, 9.17) is 0 Å². The third-order valence-electron chi connectivity index (χ3n) is 3.75. The monoisotopic (exact) mass is 294 g/mol. The van der Waals surface area contributed by atoms with Crippen molar-refractivity contribution in [2.45, 2.75) is 24.3 Å². The van der Waals surface area contributed by atoms with Crippen LogP contribution in [0, 0.1) is 0 Å². The maximum atomic E-state index is 12.9. The van der Waals surface area contributed by atoms with Crippen LogP contribution in [0.25, 0.3) is 11.0 Å². The Bertz CT molecular complexity index is 704. The van der Waals surface area contributed by atoms with Crippen molar-refractivity contribution < 1.29 is 8.42 Å². The second kappa shape index (κ2) is 5.16. The van der Waals surface area contributed by atoms with E-state index in [0.717, 1.165) is 13.0 Å². The van der Waals surface area contributed by atoms with Gasteiger partial charge in [0.15, 0.2) is 0 Å². The molecule has 3 rings (SSSR count). The number of pyridine rings is 1. The van der Waals surface area contributed by atoms with Crippen molar-refractivity contribution in [3.05, 3.63) is 24.5 Å². The SMILES string of the molecule is CCN(C1CCNC1)S(=O)(=O)c1c[nH]c2ncccc12. The van der Waals surface area contributed by atoms with Crippen LogP contribution in [0.1, 0.15) is 13.3 Å². The zero-order valence-corrected chi connectivity index (χ0v) is 12.2. The molecule has 2 aromatic heterocycles. The van der Waals surface area contributed by atoms with Crippen LogP contribution < -0.4 is 5.32 Å². The van der Waals surface area contributed by atoms with E-state index in [1.165, 1.54) is 6.20 Å². The van der Waals surface area contributed by atoms with Gasteiger partial charge < -0.3 is 10.3 Å². The first-order chi connectivity index (χ1) is 9.64. The van der Waals surface area contributed by atoms with Crippen molar-refractivity contribution in [2.24, 2.45) is 0 Å². The fourth-order valence-corrected chi connectivity index (χ4v) is 4.60. The summed E-state index contributed by atoms with van der Waals surface area (Å²) in [4.78, 5) is 7.39. The van der Waals surface area contributed by atoms with Gasteiger partial charge in [-0.05, 0) is 25.1 Å². The summed E-state index contributed by atoms with van der Waals surface area (Å²) < 4.78 is 27.3. The summed E-state index contributed by atoms with van der Waals surface area (Å²) in [7, 11) is -3.50. The van der Waals surface area contributed by atoms with Gasteiger partial charge in [0.25, 0.3) is 0 Å². The normalized spacial score (nSPS) is 20.0. The van der Waals surface area contributed by atoms with Gasteiger partial charge in [0.1, 0.15) is 10.5 Å². The quantitative estimate of drug-likeness (QED) is 0.879. The van der Waals surface area contributed by atoms with E-state index < -0.39 is 10.0 Å². The fraction of sp³-hybridized carbons (Fsp3) is 0.462. The Morgan fingerprint density at radius 2 is 2.35 bits per heavy atom. The number of aromatic nitrogens is 2. The average Bonchev–Trinajstić information content (AvgIpc) is 3.08. The number of aromatic amines is 1. The molecule has 1 saturated heterocycles. The summed E-state index contributed by atoms with van der Waals surface area (Å²) in [6, 6.07) is 3.57. The summed E-state index contributed by atoms with van der Waals surface area (Å²) in [6.07, 6.45) is 4.04. The minimum absolute atomic E-state index is 0.0339. The Labute approximate surface area is 118 Å². The molecule has 3 heterocycles. The molecule has 0 radical (unpaired) electrons. The molecular weight excluding hydrogens is 276 g/mol. The number of fused-ring (bicyclic) bond motifs is 1. The highest BCUT2D eigenvalue weighted by molar-refractivity contribution is 7.89. The van der Waals surface area contributed by atoms with Crippen molar-refractivity contribution in [1.29, 1.82) is 0 Å². The van der Waals surface area contributed by atoms with Crippen LogP contribution in [0.2, 0.25) is 0 Å². The molecule has 0 amide bonds. The van der Waals surface area contributed by atoms with E-state index in [1.54, 1.807) is 22.6 Å². The predicted molar refractivity (Wildman–Crippen MR) is 76.9 cm³/mol. The Kier molecular flexibility index (Phi) is 3.49. The first kappa shape index (κ1) is 13.5. The van der Waals surface area contributed by atoms with Gasteiger partial charge in [-0.25, -0.2) is 13.4 Å². The molecule has 0 aliphatic carbocycles. The van der Waals surface area contributed by atoms with Crippen molar-refractivity contribution in [1.82, 2.24) is 19.6 Å². The van der Waals surface area contributed by atoms with Crippen LogP contribution in [0.5, 0.6) is 0 Å². The van der Waals surface area contributed by atoms with E-state index in [1.807, 2.05) is 6.92 Å². The number of rotatable bonds is 4. The zero-order chi connectivity index (χ0) is 14.2. The van der Waals surface area contributed by atoms with Crippen LogP contribution in [0.15, 0.2) is 29.4 Å². The van der Waals surface area contributed by atoms with E-state index in [-0.39, 0.29) is 6.04 Å². The molecule has 108 valence electrons. The van der Waals surface area contributed by atoms with Gasteiger partial charge in [-0.2, -0.15) is 4.31 Å². The fourth-order valence-electron chi connectivity index (χ4n) is 2.78. The molecule has 1 atom stereocenters. The van der Waals surface area contributed by atoms with E-state index >= 15 is 0 Å². The second-order valence-electron chi connectivity index (χ2n) is 4.91. The Morgan fingerprint density at radius 1 is 1.50 bits per heavy atom. The highest BCUT2D eigenvalue weighted by Gasteiger charge is 2.33. The van der Waals surface area contributed by atoms with Crippen LogP contribution in [0.4, 0.5) is 0 Å². The molecule has 0 spiro atoms. The number of hydrogen-bond donors (Lipinski definition) is 2. The molecule has 0 saturated carbocycles. The molecule has 7 heteroatoms. The zero-order valence-electron chi connectivity index (χ0n) is 11.3. The Balaban J connectivity index is 2.06. The maximum Gasteiger partial charge on any atom is 0.245 e. The molecular formula is C13H18N4O2S. The first-order valence-corrected chi connectivity index (χ1v) is 8.23. The summed E-state index contributed by atoms with van der Waals surface area (Å²) in [5.74, 6) is 0. The Hall–Kier alpha value is -1.44. The number of nitrogens with one attached hydrogen (secondary N) is 2. The minimum Gasteiger partial charge on any atom is -0.345 e. The molecule has 2 N–H and O–H groups in total. The standard InChI is InChI=1S/C13H18N4O2S/c1-2-17(10-5-7-14-8-10)20(18,19)12-9-16-13-11(12)4-3-6-15-13/h3-4,6,9-10,14H,2,5,7-8H2,1H3,(H,15,16). The largest absolute Gasteiger partial charge is 0.345 e. The number of H-pyrrole nitrogens is 1. The molecule has 6 nitrogen and oxygen atoms in total. The second-order valence-corrected chi connectivity index (χ2v) is 6.77. The topological polar surface area (TPSA) is 78.1 Å². The molecule has 0 aromatic carbocycles. The maximum absolute atomic E-state index is 12.9. The van der Waals surface area contributed by atoms with Gasteiger partial charge in [0.05, 0.1) is 0 Å². The highest BCUT2D eigenvalue weighted by atomic mass is 32.2. The van der Waals surface area contributed by atoms with Crippen molar-refractivity contribution >= 4 is 21.1 Å². The lowest BCUT2D eigenvalue weighted by molar-refractivity contribution is 0.349. The third kappa shape index (κ3) is 2.11. The molecule has 1 aliphatic rings. The first-order valence-electron chi connectivity index (χ1n) is 6.79. The van der Waals surface area contributed by atoms with Crippen LogP contribution in [-0.2, 0) is 10.0 Å². The number of hydrogen-bond acceptors (Lipinski definition) is 4. The lowest BCUT2D eigenvalue weighted by atomic mass is 10.3. The lowest BCUT2D eigenvalue weighted by Crippen LogP contribution is -2.41.